The highest BCUT2D eigenvalue weighted by Gasteiger charge is 2.42. The molecule has 0 spiro atoms. The van der Waals surface area contributed by atoms with Crippen LogP contribution in [0.2, 0.25) is 10.0 Å². The van der Waals surface area contributed by atoms with Crippen molar-refractivity contribution in [3.05, 3.63) is 33.8 Å². The van der Waals surface area contributed by atoms with Gasteiger partial charge in [-0.2, -0.15) is 0 Å². The summed E-state index contributed by atoms with van der Waals surface area (Å²) in [5, 5.41) is 10.5. The lowest BCUT2D eigenvalue weighted by Gasteiger charge is -2.33. The molecule has 1 aliphatic carbocycles. The minimum atomic E-state index is -0.993. The number of nitrogens with zero attached hydrogens (tertiary/aromatic N) is 3. The van der Waals surface area contributed by atoms with E-state index < -0.39 is 6.09 Å². The van der Waals surface area contributed by atoms with Gasteiger partial charge in [0.25, 0.3) is 0 Å². The average molecular weight is 454 g/mol. The molecule has 1 aromatic rings. The summed E-state index contributed by atoms with van der Waals surface area (Å²) in [5.41, 5.74) is 0.914. The number of rotatable bonds is 5. The Kier molecular flexibility index (Phi) is 6.47. The van der Waals surface area contributed by atoms with Crippen LogP contribution in [-0.2, 0) is 4.79 Å². The molecular weight excluding hydrogens is 425 g/mol. The largest absolute Gasteiger partial charge is 0.465 e. The second kappa shape index (κ2) is 8.93. The molecule has 0 radical (unpaired) electrons. The maximum atomic E-state index is 13.3. The van der Waals surface area contributed by atoms with Crippen molar-refractivity contribution in [2.45, 2.75) is 37.6 Å². The highest BCUT2D eigenvalue weighted by atomic mass is 35.5. The van der Waals surface area contributed by atoms with E-state index in [0.29, 0.717) is 23.1 Å². The number of hydrogen-bond acceptors (Lipinski definition) is 3. The van der Waals surface area contributed by atoms with Crippen LogP contribution in [0.5, 0.6) is 0 Å². The van der Waals surface area contributed by atoms with Gasteiger partial charge in [0.05, 0.1) is 16.1 Å². The third-order valence-corrected chi connectivity index (χ3v) is 7.66. The Labute approximate surface area is 187 Å². The molecule has 6 nitrogen and oxygen atoms in total. The molecular formula is C22H29Cl2N3O3. The van der Waals surface area contributed by atoms with Crippen molar-refractivity contribution in [2.24, 2.45) is 11.8 Å². The number of benzene rings is 1. The standard InChI is InChI=1S/C22H29Cl2N3O3/c1-25(22(29)30)20-13-27(12-17(20)16-4-5-18(23)19(24)10-16)21(28)15-6-8-26(9-7-15)11-14-2-3-14/h4-5,10,14-15,17,20H,2-3,6-9,11-13H2,1H3,(H,29,30). The topological polar surface area (TPSA) is 64.1 Å². The number of halogens is 2. The maximum absolute atomic E-state index is 13.3. The molecule has 3 fully saturated rings. The highest BCUT2D eigenvalue weighted by Crippen LogP contribution is 2.36. The van der Waals surface area contributed by atoms with Gasteiger partial charge in [0.2, 0.25) is 5.91 Å². The van der Waals surface area contributed by atoms with Gasteiger partial charge in [-0.25, -0.2) is 4.79 Å². The molecule has 2 amide bonds. The van der Waals surface area contributed by atoms with Crippen molar-refractivity contribution in [2.75, 3.05) is 39.8 Å². The van der Waals surface area contributed by atoms with Gasteiger partial charge in [-0.15, -0.1) is 0 Å². The third kappa shape index (κ3) is 4.71. The highest BCUT2D eigenvalue weighted by molar-refractivity contribution is 6.42. The summed E-state index contributed by atoms with van der Waals surface area (Å²) in [4.78, 5) is 30.6. The van der Waals surface area contributed by atoms with E-state index in [9.17, 15) is 14.7 Å². The van der Waals surface area contributed by atoms with Crippen LogP contribution >= 0.6 is 23.2 Å². The van der Waals surface area contributed by atoms with Gasteiger partial charge in [0, 0.05) is 38.5 Å². The maximum Gasteiger partial charge on any atom is 0.407 e. The number of hydrogen-bond donors (Lipinski definition) is 1. The van der Waals surface area contributed by atoms with Gasteiger partial charge in [-0.1, -0.05) is 29.3 Å². The molecule has 2 heterocycles. The van der Waals surface area contributed by atoms with Gasteiger partial charge in [-0.3, -0.25) is 4.79 Å². The van der Waals surface area contributed by atoms with Gasteiger partial charge in [0.1, 0.15) is 0 Å². The zero-order valence-corrected chi connectivity index (χ0v) is 18.8. The van der Waals surface area contributed by atoms with E-state index in [0.717, 1.165) is 37.4 Å². The van der Waals surface area contributed by atoms with Gasteiger partial charge >= 0.3 is 6.09 Å². The molecule has 3 aliphatic rings. The zero-order valence-electron chi connectivity index (χ0n) is 17.3. The molecule has 8 heteroatoms. The van der Waals surface area contributed by atoms with Crippen LogP contribution in [0.15, 0.2) is 18.2 Å². The van der Waals surface area contributed by atoms with Crippen LogP contribution < -0.4 is 0 Å². The van der Waals surface area contributed by atoms with Gasteiger partial charge in [-0.05, 0) is 62.4 Å². The number of amides is 2. The third-order valence-electron chi connectivity index (χ3n) is 6.92. The minimum Gasteiger partial charge on any atom is -0.465 e. The SMILES string of the molecule is CN(C(=O)O)C1CN(C(=O)C2CCN(CC3CC3)CC2)CC1c1ccc(Cl)c(Cl)c1. The smallest absolute Gasteiger partial charge is 0.407 e. The molecule has 164 valence electrons. The molecule has 0 aromatic heterocycles. The van der Waals surface area contributed by atoms with Crippen molar-refractivity contribution in [1.82, 2.24) is 14.7 Å². The fourth-order valence-electron chi connectivity index (χ4n) is 4.86. The molecule has 2 aliphatic heterocycles. The fourth-order valence-corrected chi connectivity index (χ4v) is 5.16. The molecule has 30 heavy (non-hydrogen) atoms. The first-order chi connectivity index (χ1) is 14.3. The Balaban J connectivity index is 1.45. The summed E-state index contributed by atoms with van der Waals surface area (Å²) in [6, 6.07) is 5.10. The molecule has 1 saturated carbocycles. The second-order valence-corrected chi connectivity index (χ2v) is 9.82. The Morgan fingerprint density at radius 3 is 2.40 bits per heavy atom. The molecule has 1 N–H and O–H groups in total. The van der Waals surface area contributed by atoms with E-state index in [1.165, 1.54) is 24.3 Å². The first-order valence-electron chi connectivity index (χ1n) is 10.8. The van der Waals surface area contributed by atoms with E-state index in [2.05, 4.69) is 4.90 Å². The van der Waals surface area contributed by atoms with Crippen molar-refractivity contribution in [3.8, 4) is 0 Å². The number of carboxylic acid groups (broad SMARTS) is 1. The Morgan fingerprint density at radius 2 is 1.80 bits per heavy atom. The molecule has 2 atom stereocenters. The second-order valence-electron chi connectivity index (χ2n) is 9.00. The van der Waals surface area contributed by atoms with E-state index in [4.69, 9.17) is 23.2 Å². The Hall–Kier alpha value is -1.50. The summed E-state index contributed by atoms with van der Waals surface area (Å²) < 4.78 is 0. The summed E-state index contributed by atoms with van der Waals surface area (Å²) in [7, 11) is 1.57. The van der Waals surface area contributed by atoms with Crippen LogP contribution in [0.1, 0.15) is 37.2 Å². The average Bonchev–Trinajstić information content (AvgIpc) is 3.44. The van der Waals surface area contributed by atoms with Gasteiger partial charge in [0.15, 0.2) is 0 Å². The number of carbonyl (C=O) groups is 2. The van der Waals surface area contributed by atoms with E-state index in [1.807, 2.05) is 11.0 Å². The molecule has 4 rings (SSSR count). The number of piperidine rings is 1. The number of carbonyl (C=O) groups excluding carboxylic acids is 1. The van der Waals surface area contributed by atoms with Crippen LogP contribution in [-0.4, -0.2) is 77.6 Å². The van der Waals surface area contributed by atoms with E-state index >= 15 is 0 Å². The van der Waals surface area contributed by atoms with Crippen LogP contribution in [0.25, 0.3) is 0 Å². The van der Waals surface area contributed by atoms with Crippen LogP contribution in [0.4, 0.5) is 4.79 Å². The number of likely N-dealkylation sites (tertiary alicyclic amines) is 2. The molecule has 1 aromatic carbocycles. The normalized spacial score (nSPS) is 25.5. The van der Waals surface area contributed by atoms with Crippen molar-refractivity contribution < 1.29 is 14.7 Å². The lowest BCUT2D eigenvalue weighted by Crippen LogP contribution is -2.44. The predicted octanol–water partition coefficient (Wildman–Crippen LogP) is 4.02. The Morgan fingerprint density at radius 1 is 1.10 bits per heavy atom. The Bertz CT molecular complexity index is 809. The van der Waals surface area contributed by atoms with Crippen LogP contribution in [0, 0.1) is 11.8 Å². The summed E-state index contributed by atoms with van der Waals surface area (Å²) >= 11 is 12.3. The zero-order chi connectivity index (χ0) is 21.4. The van der Waals surface area contributed by atoms with Crippen LogP contribution in [0.3, 0.4) is 0 Å². The van der Waals surface area contributed by atoms with E-state index in [1.54, 1.807) is 19.2 Å². The van der Waals surface area contributed by atoms with E-state index in [-0.39, 0.29) is 23.8 Å². The molecule has 0 bridgehead atoms. The fraction of sp³-hybridized carbons (Fsp3) is 0.636. The first kappa shape index (κ1) is 21.7. The monoisotopic (exact) mass is 453 g/mol. The van der Waals surface area contributed by atoms with Crippen molar-refractivity contribution in [3.63, 3.8) is 0 Å². The lowest BCUT2D eigenvalue weighted by atomic mass is 9.93. The first-order valence-corrected chi connectivity index (χ1v) is 11.5. The van der Waals surface area contributed by atoms with Crippen molar-refractivity contribution >= 4 is 35.2 Å². The summed E-state index contributed by atoms with van der Waals surface area (Å²) in [6.07, 6.45) is 3.48. The molecule has 2 saturated heterocycles. The summed E-state index contributed by atoms with van der Waals surface area (Å²) in [6.45, 7) is 4.05. The lowest BCUT2D eigenvalue weighted by molar-refractivity contribution is -0.136. The van der Waals surface area contributed by atoms with Gasteiger partial charge < -0.3 is 19.8 Å². The van der Waals surface area contributed by atoms with Crippen molar-refractivity contribution in [1.29, 1.82) is 0 Å². The number of likely N-dealkylation sites (N-methyl/N-ethyl adjacent to an activating group) is 1. The predicted molar refractivity (Wildman–Crippen MR) is 117 cm³/mol. The summed E-state index contributed by atoms with van der Waals surface area (Å²) in [5.74, 6) is 0.936. The molecule has 2 unspecified atom stereocenters. The quantitative estimate of drug-likeness (QED) is 0.730. The minimum absolute atomic E-state index is 0.0313.